The molecule has 0 radical (unpaired) electrons. The maximum absolute atomic E-state index is 12.8. The summed E-state index contributed by atoms with van der Waals surface area (Å²) in [5.41, 5.74) is 0.339. The number of aromatic nitrogens is 1. The summed E-state index contributed by atoms with van der Waals surface area (Å²) in [6.45, 7) is 1.51. The van der Waals surface area contributed by atoms with E-state index in [4.69, 9.17) is 10.00 Å². The van der Waals surface area contributed by atoms with Crippen molar-refractivity contribution in [2.45, 2.75) is 6.92 Å². The molecular weight excluding hydrogens is 159 g/mol. The van der Waals surface area contributed by atoms with E-state index in [9.17, 15) is 4.39 Å². The lowest BCUT2D eigenvalue weighted by Gasteiger charge is -2.02. The predicted octanol–water partition coefficient (Wildman–Crippen LogP) is 1.41. The number of nitriles is 1. The fraction of sp³-hybridized carbons (Fsp3) is 0.250. The van der Waals surface area contributed by atoms with Crippen molar-refractivity contribution < 1.29 is 9.13 Å². The Morgan fingerprint density at radius 3 is 2.83 bits per heavy atom. The second kappa shape index (κ2) is 3.18. The van der Waals surface area contributed by atoms with Gasteiger partial charge in [0.05, 0.1) is 12.8 Å². The zero-order chi connectivity index (χ0) is 9.14. The number of pyridine rings is 1. The molecule has 0 aliphatic heterocycles. The van der Waals surface area contributed by atoms with Crippen LogP contribution < -0.4 is 4.74 Å². The third-order valence-corrected chi connectivity index (χ3v) is 1.43. The highest BCUT2D eigenvalue weighted by atomic mass is 19.1. The molecule has 0 saturated carbocycles. The van der Waals surface area contributed by atoms with E-state index in [0.29, 0.717) is 0 Å². The SMILES string of the molecule is COc1nc(C)c(F)cc1C#N. The minimum absolute atomic E-state index is 0.112. The molecule has 0 fully saturated rings. The van der Waals surface area contributed by atoms with Crippen LogP contribution in [0.5, 0.6) is 5.88 Å². The molecule has 0 aromatic carbocycles. The molecule has 0 unspecified atom stereocenters. The number of nitrogens with zero attached hydrogens (tertiary/aromatic N) is 2. The zero-order valence-corrected chi connectivity index (χ0v) is 6.76. The van der Waals surface area contributed by atoms with Crippen LogP contribution in [0.4, 0.5) is 4.39 Å². The van der Waals surface area contributed by atoms with Gasteiger partial charge in [-0.2, -0.15) is 5.26 Å². The third kappa shape index (κ3) is 1.35. The molecule has 0 spiro atoms. The van der Waals surface area contributed by atoms with Gasteiger partial charge in [0.2, 0.25) is 5.88 Å². The Hall–Kier alpha value is -1.63. The summed E-state index contributed by atoms with van der Waals surface area (Å²) in [6.07, 6.45) is 0. The molecule has 1 aromatic heterocycles. The molecule has 0 bridgehead atoms. The van der Waals surface area contributed by atoms with Crippen molar-refractivity contribution >= 4 is 0 Å². The molecule has 1 rings (SSSR count). The van der Waals surface area contributed by atoms with Gasteiger partial charge >= 0.3 is 0 Å². The third-order valence-electron chi connectivity index (χ3n) is 1.43. The van der Waals surface area contributed by atoms with Crippen LogP contribution >= 0.6 is 0 Å². The Bertz CT molecular complexity index is 344. The summed E-state index contributed by atoms with van der Waals surface area (Å²) in [5.74, 6) is -0.330. The molecule has 0 aliphatic rings. The van der Waals surface area contributed by atoms with Gasteiger partial charge in [0.1, 0.15) is 17.4 Å². The van der Waals surface area contributed by atoms with Crippen LogP contribution in [0.1, 0.15) is 11.3 Å². The van der Waals surface area contributed by atoms with Crippen molar-refractivity contribution in [1.29, 1.82) is 5.26 Å². The van der Waals surface area contributed by atoms with Crippen molar-refractivity contribution in [3.63, 3.8) is 0 Å². The van der Waals surface area contributed by atoms with Crippen molar-refractivity contribution in [1.82, 2.24) is 4.98 Å². The lowest BCUT2D eigenvalue weighted by Crippen LogP contribution is -1.96. The lowest BCUT2D eigenvalue weighted by atomic mass is 10.2. The van der Waals surface area contributed by atoms with Crippen LogP contribution in [0.3, 0.4) is 0 Å². The van der Waals surface area contributed by atoms with Gasteiger partial charge in [-0.05, 0) is 13.0 Å². The van der Waals surface area contributed by atoms with E-state index >= 15 is 0 Å². The molecule has 1 heterocycles. The van der Waals surface area contributed by atoms with Crippen molar-refractivity contribution in [3.05, 3.63) is 23.1 Å². The number of rotatable bonds is 1. The largest absolute Gasteiger partial charge is 0.480 e. The van der Waals surface area contributed by atoms with Crippen molar-refractivity contribution in [2.24, 2.45) is 0 Å². The summed E-state index contributed by atoms with van der Waals surface area (Å²) >= 11 is 0. The molecule has 62 valence electrons. The summed E-state index contributed by atoms with van der Waals surface area (Å²) in [4.78, 5) is 3.74. The fourth-order valence-electron chi connectivity index (χ4n) is 0.795. The van der Waals surface area contributed by atoms with Gasteiger partial charge in [-0.25, -0.2) is 9.37 Å². The van der Waals surface area contributed by atoms with Gasteiger partial charge in [0.25, 0.3) is 0 Å². The molecule has 4 heteroatoms. The van der Waals surface area contributed by atoms with E-state index in [1.54, 1.807) is 6.07 Å². The van der Waals surface area contributed by atoms with E-state index in [1.807, 2.05) is 0 Å². The number of aryl methyl sites for hydroxylation is 1. The molecule has 0 saturated heterocycles. The minimum atomic E-state index is -0.493. The standard InChI is InChI=1S/C8H7FN2O/c1-5-7(9)3-6(4-10)8(11-5)12-2/h3H,1-2H3. The quantitative estimate of drug-likeness (QED) is 0.633. The highest BCUT2D eigenvalue weighted by Gasteiger charge is 2.08. The average molecular weight is 166 g/mol. The van der Waals surface area contributed by atoms with Gasteiger partial charge < -0.3 is 4.74 Å². The first-order valence-electron chi connectivity index (χ1n) is 3.30. The zero-order valence-electron chi connectivity index (χ0n) is 6.76. The number of ether oxygens (including phenoxy) is 1. The van der Waals surface area contributed by atoms with E-state index < -0.39 is 5.82 Å². The first kappa shape index (κ1) is 8.47. The summed E-state index contributed by atoms with van der Waals surface area (Å²) in [7, 11) is 1.39. The highest BCUT2D eigenvalue weighted by Crippen LogP contribution is 2.16. The smallest absolute Gasteiger partial charge is 0.231 e. The van der Waals surface area contributed by atoms with Crippen LogP contribution in [0, 0.1) is 24.1 Å². The molecular formula is C8H7FN2O. The molecule has 0 aliphatic carbocycles. The average Bonchev–Trinajstić information content (AvgIpc) is 2.09. The van der Waals surface area contributed by atoms with Crippen LogP contribution in [0.2, 0.25) is 0 Å². The second-order valence-electron chi connectivity index (χ2n) is 2.22. The highest BCUT2D eigenvalue weighted by molar-refractivity contribution is 5.39. The van der Waals surface area contributed by atoms with Crippen molar-refractivity contribution in [2.75, 3.05) is 7.11 Å². The number of hydrogen-bond donors (Lipinski definition) is 0. The van der Waals surface area contributed by atoms with Crippen LogP contribution in [-0.4, -0.2) is 12.1 Å². The van der Waals surface area contributed by atoms with E-state index in [2.05, 4.69) is 4.98 Å². The Labute approximate surface area is 69.4 Å². The first-order chi connectivity index (χ1) is 5.69. The molecule has 1 aromatic rings. The minimum Gasteiger partial charge on any atom is -0.480 e. The molecule has 0 N–H and O–H groups in total. The summed E-state index contributed by atoms with van der Waals surface area (Å²) in [5, 5.41) is 8.53. The number of halogens is 1. The Kier molecular flexibility index (Phi) is 2.24. The fourth-order valence-corrected chi connectivity index (χ4v) is 0.795. The molecule has 3 nitrogen and oxygen atoms in total. The maximum Gasteiger partial charge on any atom is 0.231 e. The Morgan fingerprint density at radius 2 is 2.33 bits per heavy atom. The Balaban J connectivity index is 3.31. The van der Waals surface area contributed by atoms with Gasteiger partial charge in [-0.1, -0.05) is 0 Å². The van der Waals surface area contributed by atoms with Crippen LogP contribution in [0.25, 0.3) is 0 Å². The Morgan fingerprint density at radius 1 is 1.67 bits per heavy atom. The number of hydrogen-bond acceptors (Lipinski definition) is 3. The monoisotopic (exact) mass is 166 g/mol. The maximum atomic E-state index is 12.8. The van der Waals surface area contributed by atoms with Crippen LogP contribution in [0.15, 0.2) is 6.07 Å². The second-order valence-corrected chi connectivity index (χ2v) is 2.22. The van der Waals surface area contributed by atoms with Gasteiger partial charge in [0.15, 0.2) is 0 Å². The normalized spacial score (nSPS) is 9.17. The molecule has 0 amide bonds. The van der Waals surface area contributed by atoms with E-state index in [-0.39, 0.29) is 17.1 Å². The molecule has 12 heavy (non-hydrogen) atoms. The summed E-state index contributed by atoms with van der Waals surface area (Å²) in [6, 6.07) is 2.90. The van der Waals surface area contributed by atoms with Gasteiger partial charge in [-0.15, -0.1) is 0 Å². The van der Waals surface area contributed by atoms with E-state index in [0.717, 1.165) is 6.07 Å². The molecule has 0 atom stereocenters. The predicted molar refractivity (Wildman–Crippen MR) is 40.2 cm³/mol. The first-order valence-corrected chi connectivity index (χ1v) is 3.30. The van der Waals surface area contributed by atoms with E-state index in [1.165, 1.54) is 14.0 Å². The summed E-state index contributed by atoms with van der Waals surface area (Å²) < 4.78 is 17.6. The van der Waals surface area contributed by atoms with Crippen LogP contribution in [-0.2, 0) is 0 Å². The van der Waals surface area contributed by atoms with Gasteiger partial charge in [0, 0.05) is 0 Å². The van der Waals surface area contributed by atoms with Gasteiger partial charge in [-0.3, -0.25) is 0 Å². The lowest BCUT2D eigenvalue weighted by molar-refractivity contribution is 0.393. The topological polar surface area (TPSA) is 45.9 Å². The van der Waals surface area contributed by atoms with Crippen molar-refractivity contribution in [3.8, 4) is 11.9 Å². The number of methoxy groups -OCH3 is 1.